The second-order valence-electron chi connectivity index (χ2n) is 7.33. The van der Waals surface area contributed by atoms with Gasteiger partial charge in [0.05, 0.1) is 36.4 Å². The molecule has 0 saturated carbocycles. The van der Waals surface area contributed by atoms with E-state index >= 15 is 0 Å². The van der Waals surface area contributed by atoms with Crippen LogP contribution in [0.3, 0.4) is 0 Å². The molecule has 0 aromatic heterocycles. The molecule has 0 aliphatic carbocycles. The molecule has 1 N–H and O–H groups in total. The third kappa shape index (κ3) is 6.04. The lowest BCUT2D eigenvalue weighted by Crippen LogP contribution is -2.30. The van der Waals surface area contributed by atoms with Gasteiger partial charge in [-0.1, -0.05) is 35.9 Å². The number of amides is 1. The molecule has 7 nitrogen and oxygen atoms in total. The molecule has 3 rings (SSSR count). The van der Waals surface area contributed by atoms with Crippen LogP contribution in [0.15, 0.2) is 77.7 Å². The number of ether oxygens (including phenoxy) is 2. The van der Waals surface area contributed by atoms with Crippen LogP contribution >= 0.6 is 0 Å². The highest BCUT2D eigenvalue weighted by Crippen LogP contribution is 2.31. The Balaban J connectivity index is 1.74. The average molecular weight is 469 g/mol. The summed E-state index contributed by atoms with van der Waals surface area (Å²) in [6.45, 7) is 4.20. The molecule has 0 fully saturated rings. The quantitative estimate of drug-likeness (QED) is 0.469. The van der Waals surface area contributed by atoms with Crippen LogP contribution in [0.25, 0.3) is 0 Å². The summed E-state index contributed by atoms with van der Waals surface area (Å²) in [5, 5.41) is 2.74. The van der Waals surface area contributed by atoms with E-state index in [1.54, 1.807) is 31.2 Å². The first-order chi connectivity index (χ1) is 15.8. The van der Waals surface area contributed by atoms with Gasteiger partial charge < -0.3 is 14.8 Å². The summed E-state index contributed by atoms with van der Waals surface area (Å²) in [4.78, 5) is 12.5. The van der Waals surface area contributed by atoms with E-state index in [4.69, 9.17) is 9.47 Å². The number of methoxy groups -OCH3 is 1. The smallest absolute Gasteiger partial charge is 0.264 e. The fraction of sp³-hybridized carbons (Fsp3) is 0.240. The first-order valence-electron chi connectivity index (χ1n) is 10.6. The number of nitrogens with zero attached hydrogens (tertiary/aromatic N) is 1. The zero-order valence-corrected chi connectivity index (χ0v) is 19.8. The lowest BCUT2D eigenvalue weighted by atomic mass is 10.2. The van der Waals surface area contributed by atoms with Crippen LogP contribution in [-0.4, -0.2) is 34.6 Å². The van der Waals surface area contributed by atoms with Crippen LogP contribution in [0.1, 0.15) is 18.9 Å². The van der Waals surface area contributed by atoms with Crippen LogP contribution in [-0.2, 0) is 14.8 Å². The third-order valence-corrected chi connectivity index (χ3v) is 6.88. The van der Waals surface area contributed by atoms with Crippen molar-refractivity contribution in [3.05, 3.63) is 78.4 Å². The number of carbonyl (C=O) groups excluding carboxylic acids is 1. The van der Waals surface area contributed by atoms with Crippen molar-refractivity contribution in [2.45, 2.75) is 25.2 Å². The molecule has 1 amide bonds. The predicted molar refractivity (Wildman–Crippen MR) is 130 cm³/mol. The van der Waals surface area contributed by atoms with Crippen molar-refractivity contribution in [3.63, 3.8) is 0 Å². The SMILES string of the molecule is CCN(c1ccccc1)S(=O)(=O)c1ccc(OC)c(NC(=O)CCOc2ccc(C)cc2)c1. The second-order valence-corrected chi connectivity index (χ2v) is 9.19. The van der Waals surface area contributed by atoms with Gasteiger partial charge in [0.2, 0.25) is 5.91 Å². The number of aryl methyl sites for hydroxylation is 1. The maximum Gasteiger partial charge on any atom is 0.264 e. The molecule has 0 heterocycles. The minimum atomic E-state index is -3.84. The Kier molecular flexibility index (Phi) is 7.95. The monoisotopic (exact) mass is 468 g/mol. The highest BCUT2D eigenvalue weighted by molar-refractivity contribution is 7.92. The molecule has 0 bridgehead atoms. The normalized spacial score (nSPS) is 11.0. The number of anilines is 2. The van der Waals surface area contributed by atoms with E-state index in [-0.39, 0.29) is 36.1 Å². The van der Waals surface area contributed by atoms with Gasteiger partial charge in [-0.15, -0.1) is 0 Å². The van der Waals surface area contributed by atoms with E-state index in [0.29, 0.717) is 17.2 Å². The molecule has 0 radical (unpaired) electrons. The molecule has 0 aliphatic rings. The zero-order valence-electron chi connectivity index (χ0n) is 18.9. The summed E-state index contributed by atoms with van der Waals surface area (Å²) in [6.07, 6.45) is 0.0963. The molecule has 33 heavy (non-hydrogen) atoms. The van der Waals surface area contributed by atoms with Gasteiger partial charge in [0.25, 0.3) is 10.0 Å². The topological polar surface area (TPSA) is 84.9 Å². The van der Waals surface area contributed by atoms with Crippen molar-refractivity contribution < 1.29 is 22.7 Å². The number of rotatable bonds is 10. The van der Waals surface area contributed by atoms with Crippen LogP contribution < -0.4 is 19.1 Å². The number of carbonyl (C=O) groups is 1. The Morgan fingerprint density at radius 2 is 1.70 bits per heavy atom. The van der Waals surface area contributed by atoms with Gasteiger partial charge in [0.15, 0.2) is 0 Å². The number of hydrogen-bond acceptors (Lipinski definition) is 5. The second kappa shape index (κ2) is 10.9. The van der Waals surface area contributed by atoms with Gasteiger partial charge in [-0.25, -0.2) is 8.42 Å². The van der Waals surface area contributed by atoms with Gasteiger partial charge in [-0.2, -0.15) is 0 Å². The molecule has 8 heteroatoms. The van der Waals surface area contributed by atoms with E-state index in [9.17, 15) is 13.2 Å². The lowest BCUT2D eigenvalue weighted by molar-refractivity contribution is -0.116. The van der Waals surface area contributed by atoms with E-state index < -0.39 is 10.0 Å². The van der Waals surface area contributed by atoms with Crippen LogP contribution in [0.2, 0.25) is 0 Å². The summed E-state index contributed by atoms with van der Waals surface area (Å²) in [6, 6.07) is 20.8. The van der Waals surface area contributed by atoms with Gasteiger partial charge in [0, 0.05) is 6.54 Å². The number of hydrogen-bond donors (Lipinski definition) is 1. The van der Waals surface area contributed by atoms with Crippen LogP contribution in [0.4, 0.5) is 11.4 Å². The van der Waals surface area contributed by atoms with Crippen molar-refractivity contribution >= 4 is 27.3 Å². The number of benzene rings is 3. The van der Waals surface area contributed by atoms with E-state index in [2.05, 4.69) is 5.32 Å². The molecule has 3 aromatic carbocycles. The van der Waals surface area contributed by atoms with E-state index in [1.165, 1.54) is 29.6 Å². The van der Waals surface area contributed by atoms with Crippen molar-refractivity contribution in [1.29, 1.82) is 0 Å². The molecule has 0 aliphatic heterocycles. The standard InChI is InChI=1S/C25H28N2O5S/c1-4-27(20-8-6-5-7-9-20)33(29,30)22-14-15-24(31-3)23(18-22)26-25(28)16-17-32-21-12-10-19(2)11-13-21/h5-15,18H,4,16-17H2,1-3H3,(H,26,28). The molecule has 0 spiro atoms. The highest BCUT2D eigenvalue weighted by atomic mass is 32.2. The molecule has 174 valence electrons. The Morgan fingerprint density at radius 1 is 1.00 bits per heavy atom. The van der Waals surface area contributed by atoms with Crippen molar-refractivity contribution in [3.8, 4) is 11.5 Å². The van der Waals surface area contributed by atoms with Crippen LogP contribution in [0.5, 0.6) is 11.5 Å². The molecular weight excluding hydrogens is 440 g/mol. The Hall–Kier alpha value is -3.52. The van der Waals surface area contributed by atoms with E-state index in [1.807, 2.05) is 37.3 Å². The van der Waals surface area contributed by atoms with Crippen molar-refractivity contribution in [1.82, 2.24) is 0 Å². The van der Waals surface area contributed by atoms with Crippen molar-refractivity contribution in [2.75, 3.05) is 29.9 Å². The Bertz CT molecular complexity index is 1180. The number of para-hydroxylation sites is 1. The Labute approximate surface area is 195 Å². The fourth-order valence-electron chi connectivity index (χ4n) is 3.27. The third-order valence-electron chi connectivity index (χ3n) is 4.98. The summed E-state index contributed by atoms with van der Waals surface area (Å²) in [5.74, 6) is 0.731. The fourth-order valence-corrected chi connectivity index (χ4v) is 4.77. The predicted octanol–water partition coefficient (Wildman–Crippen LogP) is 4.63. The van der Waals surface area contributed by atoms with E-state index in [0.717, 1.165) is 5.56 Å². The largest absolute Gasteiger partial charge is 0.495 e. The summed E-state index contributed by atoms with van der Waals surface area (Å²) in [7, 11) is -2.38. The van der Waals surface area contributed by atoms with Gasteiger partial charge in [-0.3, -0.25) is 9.10 Å². The molecule has 3 aromatic rings. The van der Waals surface area contributed by atoms with Gasteiger partial charge in [-0.05, 0) is 56.3 Å². The van der Waals surface area contributed by atoms with Crippen LogP contribution in [0, 0.1) is 6.92 Å². The summed E-state index contributed by atoms with van der Waals surface area (Å²) >= 11 is 0. The average Bonchev–Trinajstić information content (AvgIpc) is 2.81. The first-order valence-corrected chi connectivity index (χ1v) is 12.0. The minimum Gasteiger partial charge on any atom is -0.495 e. The number of nitrogens with one attached hydrogen (secondary N) is 1. The van der Waals surface area contributed by atoms with Gasteiger partial charge >= 0.3 is 0 Å². The Morgan fingerprint density at radius 3 is 2.33 bits per heavy atom. The molecule has 0 saturated heterocycles. The van der Waals surface area contributed by atoms with Crippen molar-refractivity contribution in [2.24, 2.45) is 0 Å². The van der Waals surface area contributed by atoms with Gasteiger partial charge in [0.1, 0.15) is 11.5 Å². The summed E-state index contributed by atoms with van der Waals surface area (Å²) in [5.41, 5.74) is 1.97. The lowest BCUT2D eigenvalue weighted by Gasteiger charge is -2.23. The maximum absolute atomic E-state index is 13.3. The minimum absolute atomic E-state index is 0.0557. The summed E-state index contributed by atoms with van der Waals surface area (Å²) < 4.78 is 38.8. The highest BCUT2D eigenvalue weighted by Gasteiger charge is 2.25. The maximum atomic E-state index is 13.3. The molecule has 0 unspecified atom stereocenters. The zero-order chi connectivity index (χ0) is 23.8. The number of sulfonamides is 1. The molecule has 0 atom stereocenters. The first kappa shape index (κ1) is 24.1. The molecular formula is C25H28N2O5S.